The molecule has 5 atom stereocenters. The Labute approximate surface area is 284 Å². The van der Waals surface area contributed by atoms with Gasteiger partial charge < -0.3 is 30.1 Å². The fraction of sp³-hybridized carbons (Fsp3) is 0.350. The van der Waals surface area contributed by atoms with Crippen molar-refractivity contribution in [3.63, 3.8) is 0 Å². The van der Waals surface area contributed by atoms with Gasteiger partial charge in [-0.3, -0.25) is 9.59 Å². The van der Waals surface area contributed by atoms with Gasteiger partial charge in [-0.2, -0.15) is 0 Å². The monoisotopic (exact) mass is 649 g/mol. The van der Waals surface area contributed by atoms with Crippen molar-refractivity contribution in [2.24, 2.45) is 0 Å². The van der Waals surface area contributed by atoms with Gasteiger partial charge in [0, 0.05) is 43.3 Å². The number of amides is 2. The fourth-order valence-corrected chi connectivity index (χ4v) is 6.40. The minimum Gasteiger partial charge on any atom is -0.497 e. The first-order valence-corrected chi connectivity index (χ1v) is 16.6. The van der Waals surface area contributed by atoms with E-state index in [-0.39, 0.29) is 36.4 Å². The summed E-state index contributed by atoms with van der Waals surface area (Å²) < 4.78 is 11.3. The van der Waals surface area contributed by atoms with Crippen LogP contribution >= 0.6 is 0 Å². The van der Waals surface area contributed by atoms with Gasteiger partial charge in [0.1, 0.15) is 5.75 Å². The summed E-state index contributed by atoms with van der Waals surface area (Å²) in [7, 11) is 3.44. The van der Waals surface area contributed by atoms with Crippen LogP contribution in [-0.2, 0) is 11.2 Å². The van der Waals surface area contributed by atoms with Crippen LogP contribution in [0.1, 0.15) is 68.3 Å². The highest BCUT2D eigenvalue weighted by atomic mass is 16.5. The molecule has 4 aromatic rings. The van der Waals surface area contributed by atoms with Gasteiger partial charge in [-0.05, 0) is 79.3 Å². The van der Waals surface area contributed by atoms with E-state index in [0.29, 0.717) is 30.8 Å². The van der Waals surface area contributed by atoms with Crippen molar-refractivity contribution < 1.29 is 24.2 Å². The predicted octanol–water partition coefficient (Wildman–Crippen LogP) is 5.70. The molecule has 0 bridgehead atoms. The molecule has 4 aromatic carbocycles. The van der Waals surface area contributed by atoms with Crippen LogP contribution < -0.4 is 15.4 Å². The average molecular weight is 650 g/mol. The average Bonchev–Trinajstić information content (AvgIpc) is 3.13. The molecule has 1 aliphatic rings. The normalized spacial score (nSPS) is 17.9. The second kappa shape index (κ2) is 16.6. The number of hydrogen-bond acceptors (Lipinski definition) is 6. The van der Waals surface area contributed by atoms with Crippen molar-refractivity contribution in [1.82, 2.24) is 15.5 Å². The van der Waals surface area contributed by atoms with Crippen molar-refractivity contribution in [2.45, 2.75) is 56.8 Å². The number of methoxy groups -OCH3 is 1. The molecule has 0 spiro atoms. The van der Waals surface area contributed by atoms with Crippen molar-refractivity contribution >= 4 is 11.8 Å². The summed E-state index contributed by atoms with van der Waals surface area (Å²) in [5.74, 6) is 0.479. The molecule has 1 heterocycles. The van der Waals surface area contributed by atoms with Gasteiger partial charge in [0.25, 0.3) is 11.8 Å². The lowest BCUT2D eigenvalue weighted by Gasteiger charge is -2.34. The van der Waals surface area contributed by atoms with Crippen molar-refractivity contribution in [2.75, 3.05) is 33.9 Å². The summed E-state index contributed by atoms with van der Waals surface area (Å²) in [5, 5.41) is 18.2. The lowest BCUT2D eigenvalue weighted by Crippen LogP contribution is -2.52. The molecular formula is C40H47N3O5. The van der Waals surface area contributed by atoms with Crippen molar-refractivity contribution in [3.05, 3.63) is 137 Å². The molecule has 48 heavy (non-hydrogen) atoms. The van der Waals surface area contributed by atoms with E-state index in [1.165, 1.54) is 0 Å². The number of aryl methyl sites for hydroxylation is 1. The summed E-state index contributed by atoms with van der Waals surface area (Å²) >= 11 is 0. The number of aliphatic hydroxyl groups excluding tert-OH is 1. The number of ether oxygens (including phenoxy) is 2. The third-order valence-corrected chi connectivity index (χ3v) is 9.32. The summed E-state index contributed by atoms with van der Waals surface area (Å²) in [5.41, 5.74) is 4.79. The highest BCUT2D eigenvalue weighted by Gasteiger charge is 2.30. The number of hydrogen-bond donors (Lipinski definition) is 3. The first-order chi connectivity index (χ1) is 23.2. The van der Waals surface area contributed by atoms with E-state index in [2.05, 4.69) is 22.8 Å². The molecule has 0 aliphatic carbocycles. The molecule has 2 amide bonds. The Morgan fingerprint density at radius 3 is 2.40 bits per heavy atom. The number of nitrogens with one attached hydrogen (secondary N) is 2. The Morgan fingerprint density at radius 1 is 0.958 bits per heavy atom. The molecule has 8 heteroatoms. The fourth-order valence-electron chi connectivity index (χ4n) is 6.40. The lowest BCUT2D eigenvalue weighted by molar-refractivity contribution is 0.0468. The largest absolute Gasteiger partial charge is 0.497 e. The van der Waals surface area contributed by atoms with Crippen LogP contribution in [0.25, 0.3) is 0 Å². The van der Waals surface area contributed by atoms with Crippen LogP contribution in [0.3, 0.4) is 0 Å². The van der Waals surface area contributed by atoms with Crippen LogP contribution in [-0.4, -0.2) is 73.9 Å². The smallest absolute Gasteiger partial charge is 0.254 e. The zero-order valence-electron chi connectivity index (χ0n) is 28.3. The van der Waals surface area contributed by atoms with E-state index >= 15 is 0 Å². The van der Waals surface area contributed by atoms with E-state index in [9.17, 15) is 14.7 Å². The molecule has 5 rings (SSSR count). The van der Waals surface area contributed by atoms with Gasteiger partial charge in [-0.15, -0.1) is 0 Å². The third kappa shape index (κ3) is 8.89. The highest BCUT2D eigenvalue weighted by molar-refractivity contribution is 6.00. The van der Waals surface area contributed by atoms with Crippen LogP contribution in [0, 0.1) is 6.92 Å². The van der Waals surface area contributed by atoms with Crippen LogP contribution in [0.5, 0.6) is 5.75 Å². The lowest BCUT2D eigenvalue weighted by atomic mass is 9.87. The SMILES string of the molecule is COc1cccc(C2CCOCC2NC[C@@H](O)[C@H](Cc2ccccc2)NC(=O)c2cc(C)cc(C(=O)N(C)[C@H](C)c3ccccc3)c2)c1. The van der Waals surface area contributed by atoms with Crippen LogP contribution in [0.15, 0.2) is 103 Å². The van der Waals surface area contributed by atoms with Gasteiger partial charge >= 0.3 is 0 Å². The van der Waals surface area contributed by atoms with Crippen LogP contribution in [0.4, 0.5) is 0 Å². The molecule has 1 saturated heterocycles. The van der Waals surface area contributed by atoms with E-state index in [4.69, 9.17) is 9.47 Å². The Kier molecular flexibility index (Phi) is 12.0. The molecule has 0 aromatic heterocycles. The zero-order chi connectivity index (χ0) is 34.0. The number of benzene rings is 4. The minimum atomic E-state index is -0.897. The summed E-state index contributed by atoms with van der Waals surface area (Å²) in [6.45, 7) is 5.29. The Bertz CT molecular complexity index is 1650. The zero-order valence-corrected chi connectivity index (χ0v) is 28.3. The Balaban J connectivity index is 1.31. The molecule has 0 radical (unpaired) electrons. The van der Waals surface area contributed by atoms with Gasteiger partial charge in [-0.1, -0.05) is 72.8 Å². The van der Waals surface area contributed by atoms with Crippen molar-refractivity contribution in [1.29, 1.82) is 0 Å². The number of nitrogens with zero attached hydrogens (tertiary/aromatic N) is 1. The quantitative estimate of drug-likeness (QED) is 0.172. The first-order valence-electron chi connectivity index (χ1n) is 16.6. The summed E-state index contributed by atoms with van der Waals surface area (Å²) in [6.07, 6.45) is 0.384. The number of rotatable bonds is 13. The maximum atomic E-state index is 13.8. The van der Waals surface area contributed by atoms with Gasteiger partial charge in [0.05, 0.1) is 31.9 Å². The second-order valence-corrected chi connectivity index (χ2v) is 12.7. The Hall–Kier alpha value is -4.50. The first kappa shape index (κ1) is 34.8. The molecule has 1 aliphatic heterocycles. The van der Waals surface area contributed by atoms with Gasteiger partial charge in [0.15, 0.2) is 0 Å². The van der Waals surface area contributed by atoms with Gasteiger partial charge in [-0.25, -0.2) is 0 Å². The molecule has 252 valence electrons. The summed E-state index contributed by atoms with van der Waals surface area (Å²) in [4.78, 5) is 29.1. The molecule has 0 saturated carbocycles. The highest BCUT2D eigenvalue weighted by Crippen LogP contribution is 2.30. The molecule has 1 fully saturated rings. The third-order valence-electron chi connectivity index (χ3n) is 9.32. The van der Waals surface area contributed by atoms with E-state index in [1.54, 1.807) is 37.3 Å². The Morgan fingerprint density at radius 2 is 1.67 bits per heavy atom. The predicted molar refractivity (Wildman–Crippen MR) is 188 cm³/mol. The number of carbonyl (C=O) groups is 2. The number of carbonyl (C=O) groups excluding carboxylic acids is 2. The standard InChI is InChI=1S/C40H47N3O5/c1-27-20-32(23-33(21-27)40(46)43(3)28(2)30-14-9-6-10-15-30)39(45)42-36(22-29-12-7-5-8-13-29)38(44)25-41-37-26-48-19-18-35(37)31-16-11-17-34(24-31)47-4/h5-17,20-21,23-24,28,35-38,41,44H,18-19,22,25-26H2,1-4H3,(H,42,45)/t28-,35?,36+,37?,38-/m1/s1. The molecular weight excluding hydrogens is 602 g/mol. The topological polar surface area (TPSA) is 100 Å². The second-order valence-electron chi connectivity index (χ2n) is 12.7. The summed E-state index contributed by atoms with van der Waals surface area (Å²) in [6, 6.07) is 32.2. The van der Waals surface area contributed by atoms with E-state index in [0.717, 1.165) is 34.4 Å². The minimum absolute atomic E-state index is 0.0193. The number of aliphatic hydroxyl groups is 1. The van der Waals surface area contributed by atoms with E-state index in [1.807, 2.05) is 86.6 Å². The van der Waals surface area contributed by atoms with Crippen molar-refractivity contribution in [3.8, 4) is 5.75 Å². The maximum Gasteiger partial charge on any atom is 0.254 e. The molecule has 3 N–H and O–H groups in total. The maximum absolute atomic E-state index is 13.8. The molecule has 8 nitrogen and oxygen atoms in total. The van der Waals surface area contributed by atoms with E-state index < -0.39 is 12.1 Å². The van der Waals surface area contributed by atoms with Crippen LogP contribution in [0.2, 0.25) is 0 Å². The molecule has 2 unspecified atom stereocenters. The van der Waals surface area contributed by atoms with Gasteiger partial charge in [0.2, 0.25) is 0 Å².